The van der Waals surface area contributed by atoms with E-state index < -0.39 is 0 Å². The van der Waals surface area contributed by atoms with E-state index in [-0.39, 0.29) is 0 Å². The third-order valence-electron chi connectivity index (χ3n) is 24.4. The SMILES string of the molecule is CCCCCCCCCC[N+](C)(C)CCC(C)C.CCCCCCCCC[N+](C)(C)CCC(C)C.CCCCCCCC[N+](C)(C)CCC(C)C.CCCCCCC[N+](C)(C)CCC(C)C.CCCCCC[N+](C)(C)CCC(C)C.CCCCC[N+](C)(C)CCC(C)C.CCCC[N+](C)(C)CCC(C)C.CCC[N+](C)(C)CCC(C)C. The highest BCUT2D eigenvalue weighted by atomic mass is 15.3. The molecule has 0 bridgehead atoms. The van der Waals surface area contributed by atoms with E-state index in [1.807, 2.05) is 0 Å². The summed E-state index contributed by atoms with van der Waals surface area (Å²) in [5.41, 5.74) is 0. The van der Waals surface area contributed by atoms with Gasteiger partial charge in [0.05, 0.1) is 217 Å². The largest absolute Gasteiger partial charge is 0.328 e. The van der Waals surface area contributed by atoms with Crippen LogP contribution in [0.1, 0.15) is 449 Å². The number of hydrogen-bond acceptors (Lipinski definition) is 0. The van der Waals surface area contributed by atoms with Crippen molar-refractivity contribution in [3.05, 3.63) is 0 Å². The van der Waals surface area contributed by atoms with Crippen molar-refractivity contribution in [2.45, 2.75) is 449 Å². The van der Waals surface area contributed by atoms with Crippen LogP contribution in [0, 0.1) is 47.3 Å². The molecule has 8 nitrogen and oxygen atoms in total. The lowest BCUT2D eigenvalue weighted by Crippen LogP contribution is -2.41. The first-order valence-corrected chi connectivity index (χ1v) is 52.4. The van der Waals surface area contributed by atoms with Crippen molar-refractivity contribution in [1.82, 2.24) is 0 Å². The summed E-state index contributed by atoms with van der Waals surface area (Å²) in [4.78, 5) is 0. The molecule has 0 aliphatic heterocycles. The maximum absolute atomic E-state index is 2.39. The maximum atomic E-state index is 2.39. The lowest BCUT2D eigenvalue weighted by atomic mass is 10.1. The zero-order valence-electron chi connectivity index (χ0n) is 90.6. The average Bonchev–Trinajstić information content (AvgIpc) is 1.01. The van der Waals surface area contributed by atoms with E-state index in [2.05, 4.69) is 279 Å². The molecule has 0 unspecified atom stereocenters. The Bertz CT molecular complexity index is 1850. The summed E-state index contributed by atoms with van der Waals surface area (Å²) in [6.07, 6.45) is 61.6. The molecule has 712 valence electrons. The summed E-state index contributed by atoms with van der Waals surface area (Å²) in [7, 11) is 37.9. The van der Waals surface area contributed by atoms with Crippen LogP contribution in [0.25, 0.3) is 0 Å². The molecule has 8 heteroatoms. The number of unbranched alkanes of at least 4 members (excludes halogenated alkanes) is 28. The van der Waals surface area contributed by atoms with Crippen molar-refractivity contribution in [3.8, 4) is 0 Å². The van der Waals surface area contributed by atoms with Gasteiger partial charge in [-0.15, -0.1) is 0 Å². The van der Waals surface area contributed by atoms with Gasteiger partial charge in [-0.1, -0.05) is 307 Å². The molecular weight excluding hydrogens is 1410 g/mol. The van der Waals surface area contributed by atoms with Gasteiger partial charge in [0.25, 0.3) is 0 Å². The average molecular weight is 1660 g/mol. The minimum Gasteiger partial charge on any atom is -0.328 e. The van der Waals surface area contributed by atoms with Gasteiger partial charge in [0.15, 0.2) is 0 Å². The van der Waals surface area contributed by atoms with Gasteiger partial charge >= 0.3 is 0 Å². The van der Waals surface area contributed by atoms with Crippen molar-refractivity contribution in [2.75, 3.05) is 217 Å². The van der Waals surface area contributed by atoms with Gasteiger partial charge < -0.3 is 35.9 Å². The van der Waals surface area contributed by atoms with Gasteiger partial charge in [0.2, 0.25) is 0 Å². The standard InChI is InChI=1S/C17H38N.C16H36N.C15H34N.C14H32N.C13H30N.C12H28N.C11H26N.C10H24N/c1-6-7-8-9-10-11-12-13-15-18(4,5)16-14-17(2)3;1-6-7-8-9-10-11-12-14-17(4,5)15-13-16(2)3;1-6-7-8-9-10-11-13-16(4,5)14-12-15(2)3;1-6-7-8-9-10-12-15(4,5)13-11-14(2)3;1-6-7-8-9-11-14(4,5)12-10-13(2)3;1-6-7-8-10-13(4,5)11-9-12(2)3;1-6-7-9-12(4,5)10-8-11(2)3;1-6-8-11(4,5)9-7-10(2)3/h17H,6-16H2,1-5H3;16H,6-15H2,1-5H3;15H,6-14H2,1-5H3;14H,6-13H2,1-5H3;13H,6-12H2,1-5H3;12H,6-11H2,1-5H3;11H,6-10H2,1-5H3;10H,6-9H2,1-5H3/q8*+1. The quantitative estimate of drug-likeness (QED) is 0.0421. The molecule has 0 aromatic rings. The molecule has 0 N–H and O–H groups in total. The molecule has 0 aliphatic carbocycles. The second-order valence-electron chi connectivity index (χ2n) is 46.4. The monoisotopic (exact) mass is 1660 g/mol. The second kappa shape index (κ2) is 85.5. The molecule has 0 spiro atoms. The Morgan fingerprint density at radius 3 is 0.353 bits per heavy atom. The van der Waals surface area contributed by atoms with Gasteiger partial charge in [0, 0.05) is 0 Å². The highest BCUT2D eigenvalue weighted by molar-refractivity contribution is 4.55. The number of quaternary nitrogens is 8. The number of rotatable bonds is 68. The normalized spacial score (nSPS) is 12.4. The summed E-state index contributed by atoms with van der Waals surface area (Å²) in [6, 6.07) is 0. The van der Waals surface area contributed by atoms with Crippen LogP contribution in [0.4, 0.5) is 0 Å². The summed E-state index contributed by atoms with van der Waals surface area (Å²) in [6.45, 7) is 76.8. The van der Waals surface area contributed by atoms with E-state index in [0.717, 1.165) is 47.3 Å². The molecule has 0 aliphatic rings. The third kappa shape index (κ3) is 124. The predicted octanol–water partition coefficient (Wildman–Crippen LogP) is 31.1. The van der Waals surface area contributed by atoms with E-state index >= 15 is 0 Å². The molecule has 0 rings (SSSR count). The Morgan fingerprint density at radius 1 is 0.112 bits per heavy atom. The van der Waals surface area contributed by atoms with Gasteiger partial charge in [-0.25, -0.2) is 0 Å². The second-order valence-corrected chi connectivity index (χ2v) is 46.4. The highest BCUT2D eigenvalue weighted by Crippen LogP contribution is 2.19. The molecule has 116 heavy (non-hydrogen) atoms. The summed E-state index contributed by atoms with van der Waals surface area (Å²) < 4.78 is 9.66. The summed E-state index contributed by atoms with van der Waals surface area (Å²) >= 11 is 0. The Kier molecular flexibility index (Phi) is 96.7. The minimum atomic E-state index is 0.848. The van der Waals surface area contributed by atoms with Gasteiger partial charge in [0.1, 0.15) is 0 Å². The highest BCUT2D eigenvalue weighted by Gasteiger charge is 2.21. The van der Waals surface area contributed by atoms with Crippen LogP contribution in [0.3, 0.4) is 0 Å². The van der Waals surface area contributed by atoms with E-state index in [9.17, 15) is 0 Å². The van der Waals surface area contributed by atoms with Crippen molar-refractivity contribution >= 4 is 0 Å². The van der Waals surface area contributed by atoms with E-state index in [0.29, 0.717) is 0 Å². The van der Waals surface area contributed by atoms with Crippen LogP contribution in [-0.2, 0) is 0 Å². The zero-order chi connectivity index (χ0) is 91.0. The molecule has 0 aromatic heterocycles. The van der Waals surface area contributed by atoms with Gasteiger partial charge in [-0.3, -0.25) is 0 Å². The third-order valence-corrected chi connectivity index (χ3v) is 24.4. The summed E-state index contributed by atoms with van der Waals surface area (Å²) in [5, 5.41) is 0. The fraction of sp³-hybridized carbons (Fsp3) is 1.00. The van der Waals surface area contributed by atoms with Crippen molar-refractivity contribution < 1.29 is 35.9 Å². The molecule has 0 fully saturated rings. The van der Waals surface area contributed by atoms with Crippen molar-refractivity contribution in [2.24, 2.45) is 47.3 Å². The lowest BCUT2D eigenvalue weighted by molar-refractivity contribution is -0.891. The van der Waals surface area contributed by atoms with Crippen molar-refractivity contribution in [3.63, 3.8) is 0 Å². The van der Waals surface area contributed by atoms with Crippen LogP contribution in [0.15, 0.2) is 0 Å². The zero-order valence-corrected chi connectivity index (χ0v) is 90.6. The van der Waals surface area contributed by atoms with Gasteiger partial charge in [-0.05, 0) is 189 Å². The number of nitrogens with zero attached hydrogens (tertiary/aromatic N) is 8. The maximum Gasteiger partial charge on any atom is 0.0784 e. The minimum absolute atomic E-state index is 0.848. The molecule has 0 radical (unpaired) electrons. The summed E-state index contributed by atoms with van der Waals surface area (Å²) in [5.74, 6) is 6.80. The molecule has 0 amide bonds. The topological polar surface area (TPSA) is 0 Å². The Morgan fingerprint density at radius 2 is 0.216 bits per heavy atom. The Labute approximate surface area is 745 Å². The smallest absolute Gasteiger partial charge is 0.0784 e. The van der Waals surface area contributed by atoms with E-state index in [1.165, 1.54) is 423 Å². The molecular formula is C108H248N8+8. The van der Waals surface area contributed by atoms with Crippen LogP contribution in [0.2, 0.25) is 0 Å². The van der Waals surface area contributed by atoms with E-state index in [4.69, 9.17) is 0 Å². The molecule has 0 heterocycles. The predicted molar refractivity (Wildman–Crippen MR) is 542 cm³/mol. The first kappa shape index (κ1) is 131. The molecule has 0 saturated carbocycles. The van der Waals surface area contributed by atoms with Crippen LogP contribution in [-0.4, -0.2) is 253 Å². The van der Waals surface area contributed by atoms with Gasteiger partial charge in [-0.2, -0.15) is 0 Å². The molecule has 0 atom stereocenters. The van der Waals surface area contributed by atoms with Crippen LogP contribution < -0.4 is 0 Å². The fourth-order valence-electron chi connectivity index (χ4n) is 14.3. The number of hydrogen-bond donors (Lipinski definition) is 0. The van der Waals surface area contributed by atoms with Crippen LogP contribution >= 0.6 is 0 Å². The Balaban J connectivity index is -0.000000192. The molecule has 0 saturated heterocycles. The lowest BCUT2D eigenvalue weighted by Gasteiger charge is -2.30. The first-order valence-electron chi connectivity index (χ1n) is 52.4. The fourth-order valence-corrected chi connectivity index (χ4v) is 14.3. The molecule has 0 aromatic carbocycles. The Hall–Kier alpha value is -0.320. The van der Waals surface area contributed by atoms with Crippen LogP contribution in [0.5, 0.6) is 0 Å². The first-order chi connectivity index (χ1) is 53.8. The van der Waals surface area contributed by atoms with E-state index in [1.54, 1.807) is 0 Å². The van der Waals surface area contributed by atoms with Crippen molar-refractivity contribution in [1.29, 1.82) is 0 Å².